The van der Waals surface area contributed by atoms with Crippen molar-refractivity contribution in [3.63, 3.8) is 0 Å². The van der Waals surface area contributed by atoms with Gasteiger partial charge >= 0.3 is 6.01 Å². The molecule has 0 aliphatic rings. The summed E-state index contributed by atoms with van der Waals surface area (Å²) >= 11 is 0. The van der Waals surface area contributed by atoms with Crippen LogP contribution in [0.25, 0.3) is 6.08 Å². The van der Waals surface area contributed by atoms with Crippen LogP contribution in [0.5, 0.6) is 11.8 Å². The molecule has 1 heterocycles. The van der Waals surface area contributed by atoms with Crippen molar-refractivity contribution in [1.29, 1.82) is 10.5 Å². The van der Waals surface area contributed by atoms with Crippen LogP contribution in [0.1, 0.15) is 5.56 Å². The van der Waals surface area contributed by atoms with Crippen molar-refractivity contribution in [2.75, 3.05) is 0 Å². The van der Waals surface area contributed by atoms with E-state index in [4.69, 9.17) is 15.3 Å². The second-order valence-electron chi connectivity index (χ2n) is 3.49. The number of hydrogen-bond donors (Lipinski definition) is 0. The van der Waals surface area contributed by atoms with Crippen molar-refractivity contribution in [2.24, 2.45) is 0 Å². The Balaban J connectivity index is 2.24. The zero-order valence-corrected chi connectivity index (χ0v) is 9.82. The summed E-state index contributed by atoms with van der Waals surface area (Å²) in [6.45, 7) is 0. The molecule has 5 heteroatoms. The molecule has 0 aliphatic carbocycles. The summed E-state index contributed by atoms with van der Waals surface area (Å²) in [4.78, 5) is 7.89. The molecule has 0 saturated heterocycles. The van der Waals surface area contributed by atoms with E-state index in [0.29, 0.717) is 11.3 Å². The first-order chi connectivity index (χ1) is 9.31. The molecule has 5 nitrogen and oxygen atoms in total. The maximum Gasteiger partial charge on any atom is 0.321 e. The number of nitriles is 2. The number of rotatable bonds is 3. The van der Waals surface area contributed by atoms with Crippen LogP contribution < -0.4 is 4.74 Å². The van der Waals surface area contributed by atoms with Gasteiger partial charge in [-0.05, 0) is 29.8 Å². The highest BCUT2D eigenvalue weighted by Crippen LogP contribution is 2.19. The fourth-order valence-corrected chi connectivity index (χ4v) is 1.37. The van der Waals surface area contributed by atoms with Gasteiger partial charge in [0.15, 0.2) is 0 Å². The average Bonchev–Trinajstić information content (AvgIpc) is 2.46. The lowest BCUT2D eigenvalue weighted by Gasteiger charge is -2.03. The SMILES string of the molecule is N#CC(C#N)=Cc1cccc(Oc2ncccn2)c1. The normalized spacial score (nSPS) is 8.95. The summed E-state index contributed by atoms with van der Waals surface area (Å²) in [5.74, 6) is 0.537. The van der Waals surface area contributed by atoms with E-state index in [0.717, 1.165) is 0 Å². The van der Waals surface area contributed by atoms with Crippen LogP contribution in [0, 0.1) is 22.7 Å². The number of benzene rings is 1. The Morgan fingerprint density at radius 2 is 1.84 bits per heavy atom. The molecule has 0 radical (unpaired) electrons. The van der Waals surface area contributed by atoms with Gasteiger partial charge in [0.25, 0.3) is 0 Å². The molecule has 0 saturated carbocycles. The highest BCUT2D eigenvalue weighted by atomic mass is 16.5. The summed E-state index contributed by atoms with van der Waals surface area (Å²) in [6.07, 6.45) is 4.64. The molecular weight excluding hydrogens is 240 g/mol. The zero-order valence-electron chi connectivity index (χ0n) is 9.82. The van der Waals surface area contributed by atoms with Crippen molar-refractivity contribution in [3.8, 4) is 23.9 Å². The van der Waals surface area contributed by atoms with E-state index in [-0.39, 0.29) is 11.6 Å². The zero-order chi connectivity index (χ0) is 13.5. The molecule has 0 N–H and O–H groups in total. The number of hydrogen-bond acceptors (Lipinski definition) is 5. The number of nitrogens with zero attached hydrogens (tertiary/aromatic N) is 4. The van der Waals surface area contributed by atoms with Gasteiger partial charge in [0.1, 0.15) is 23.5 Å². The second kappa shape index (κ2) is 5.95. The van der Waals surface area contributed by atoms with Crippen molar-refractivity contribution in [1.82, 2.24) is 9.97 Å². The Morgan fingerprint density at radius 3 is 2.53 bits per heavy atom. The van der Waals surface area contributed by atoms with E-state index in [1.807, 2.05) is 0 Å². The lowest BCUT2D eigenvalue weighted by atomic mass is 10.1. The Bertz CT molecular complexity index is 665. The molecule has 90 valence electrons. The van der Waals surface area contributed by atoms with Gasteiger partial charge in [-0.3, -0.25) is 0 Å². The molecule has 0 unspecified atom stereocenters. The topological polar surface area (TPSA) is 82.6 Å². The Hall–Kier alpha value is -3.18. The molecule has 0 spiro atoms. The smallest absolute Gasteiger partial charge is 0.321 e. The van der Waals surface area contributed by atoms with Crippen molar-refractivity contribution < 1.29 is 4.74 Å². The highest BCUT2D eigenvalue weighted by Gasteiger charge is 2.00. The van der Waals surface area contributed by atoms with Gasteiger partial charge in [-0.15, -0.1) is 0 Å². The van der Waals surface area contributed by atoms with E-state index < -0.39 is 0 Å². The van der Waals surface area contributed by atoms with Gasteiger partial charge in [-0.2, -0.15) is 10.5 Å². The van der Waals surface area contributed by atoms with Gasteiger partial charge < -0.3 is 4.74 Å². The number of ether oxygens (including phenoxy) is 1. The van der Waals surface area contributed by atoms with Crippen LogP contribution >= 0.6 is 0 Å². The molecule has 2 rings (SSSR count). The largest absolute Gasteiger partial charge is 0.424 e. The highest BCUT2D eigenvalue weighted by molar-refractivity contribution is 5.62. The van der Waals surface area contributed by atoms with Gasteiger partial charge in [-0.1, -0.05) is 12.1 Å². The Morgan fingerprint density at radius 1 is 1.11 bits per heavy atom. The first-order valence-electron chi connectivity index (χ1n) is 5.38. The van der Waals surface area contributed by atoms with Gasteiger partial charge in [0.2, 0.25) is 0 Å². The van der Waals surface area contributed by atoms with Crippen molar-refractivity contribution in [3.05, 3.63) is 53.9 Å². The van der Waals surface area contributed by atoms with Crippen LogP contribution in [0.4, 0.5) is 0 Å². The van der Waals surface area contributed by atoms with E-state index >= 15 is 0 Å². The lowest BCUT2D eigenvalue weighted by molar-refractivity contribution is 0.441. The predicted molar refractivity (Wildman–Crippen MR) is 67.8 cm³/mol. The van der Waals surface area contributed by atoms with E-state index in [1.165, 1.54) is 6.08 Å². The molecule has 0 amide bonds. The third-order valence-corrected chi connectivity index (χ3v) is 2.16. The maximum absolute atomic E-state index is 8.70. The average molecular weight is 248 g/mol. The van der Waals surface area contributed by atoms with E-state index in [2.05, 4.69) is 9.97 Å². The van der Waals surface area contributed by atoms with Crippen LogP contribution in [0.3, 0.4) is 0 Å². The second-order valence-corrected chi connectivity index (χ2v) is 3.49. The minimum atomic E-state index is 0.0353. The van der Waals surface area contributed by atoms with Crippen LogP contribution in [0.2, 0.25) is 0 Å². The third-order valence-electron chi connectivity index (χ3n) is 2.16. The van der Waals surface area contributed by atoms with Crippen LogP contribution in [0.15, 0.2) is 48.3 Å². The summed E-state index contributed by atoms with van der Waals surface area (Å²) in [5.41, 5.74) is 0.736. The molecule has 19 heavy (non-hydrogen) atoms. The predicted octanol–water partition coefficient (Wildman–Crippen LogP) is 2.70. The number of aromatic nitrogens is 2. The maximum atomic E-state index is 8.70. The standard InChI is InChI=1S/C14H8N4O/c15-9-12(10-16)7-11-3-1-4-13(8-11)19-14-17-5-2-6-18-14/h1-8H. The first-order valence-corrected chi connectivity index (χ1v) is 5.38. The third kappa shape index (κ3) is 3.39. The fourth-order valence-electron chi connectivity index (χ4n) is 1.37. The van der Waals surface area contributed by atoms with Gasteiger partial charge in [0, 0.05) is 12.4 Å². The van der Waals surface area contributed by atoms with Crippen LogP contribution in [-0.2, 0) is 0 Å². The molecule has 1 aromatic heterocycles. The fraction of sp³-hybridized carbons (Fsp3) is 0. The van der Waals surface area contributed by atoms with Crippen LogP contribution in [-0.4, -0.2) is 9.97 Å². The van der Waals surface area contributed by atoms with E-state index in [9.17, 15) is 0 Å². The minimum absolute atomic E-state index is 0.0353. The first kappa shape index (κ1) is 12.3. The molecular formula is C14H8N4O. The summed E-state index contributed by atoms with van der Waals surface area (Å²) in [6, 6.07) is 12.5. The lowest BCUT2D eigenvalue weighted by Crippen LogP contribution is -1.90. The quantitative estimate of drug-likeness (QED) is 0.780. The molecule has 0 bridgehead atoms. The Kier molecular flexibility index (Phi) is 3.84. The van der Waals surface area contributed by atoms with Crippen molar-refractivity contribution in [2.45, 2.75) is 0 Å². The minimum Gasteiger partial charge on any atom is -0.424 e. The summed E-state index contributed by atoms with van der Waals surface area (Å²) in [7, 11) is 0. The molecule has 2 aromatic rings. The molecule has 0 atom stereocenters. The molecule has 0 fully saturated rings. The summed E-state index contributed by atoms with van der Waals surface area (Å²) in [5, 5.41) is 17.4. The van der Waals surface area contributed by atoms with E-state index in [1.54, 1.807) is 54.9 Å². The van der Waals surface area contributed by atoms with Crippen molar-refractivity contribution >= 4 is 6.08 Å². The number of allylic oxidation sites excluding steroid dienone is 1. The Labute approximate surface area is 110 Å². The molecule has 0 aliphatic heterocycles. The van der Waals surface area contributed by atoms with Gasteiger partial charge in [-0.25, -0.2) is 9.97 Å². The molecule has 1 aromatic carbocycles. The summed E-state index contributed by atoms with van der Waals surface area (Å²) < 4.78 is 5.45. The monoisotopic (exact) mass is 248 g/mol. The van der Waals surface area contributed by atoms with Gasteiger partial charge in [0.05, 0.1) is 0 Å².